The van der Waals surface area contributed by atoms with Gasteiger partial charge in [0.15, 0.2) is 0 Å². The Kier molecular flexibility index (Phi) is 6.81. The highest BCUT2D eigenvalue weighted by atomic mass is 32.2. The number of hydrogen-bond donors (Lipinski definition) is 1. The highest BCUT2D eigenvalue weighted by Crippen LogP contribution is 2.24. The van der Waals surface area contributed by atoms with Crippen molar-refractivity contribution in [1.29, 1.82) is 0 Å². The summed E-state index contributed by atoms with van der Waals surface area (Å²) < 4.78 is 31.1. The Balaban J connectivity index is 1.61. The largest absolute Gasteiger partial charge is 0.489 e. The lowest BCUT2D eigenvalue weighted by molar-refractivity contribution is -0.119. The van der Waals surface area contributed by atoms with E-state index < -0.39 is 15.9 Å². The fourth-order valence-corrected chi connectivity index (χ4v) is 4.08. The number of rotatable bonds is 8. The lowest BCUT2D eigenvalue weighted by Gasteiger charge is -2.25. The molecule has 1 N–H and O–H groups in total. The van der Waals surface area contributed by atoms with E-state index in [1.807, 2.05) is 49.0 Å². The fourth-order valence-electron chi connectivity index (χ4n) is 2.67. The molecule has 3 rings (SSSR count). The first-order valence-electron chi connectivity index (χ1n) is 9.02. The summed E-state index contributed by atoms with van der Waals surface area (Å²) in [4.78, 5) is 12.2. The van der Waals surface area contributed by atoms with Gasteiger partial charge >= 0.3 is 0 Å². The Hall–Kier alpha value is -2.52. The minimum atomic E-state index is -3.62. The lowest BCUT2D eigenvalue weighted by Crippen LogP contribution is -2.39. The summed E-state index contributed by atoms with van der Waals surface area (Å²) in [5.41, 5.74) is 4.49. The zero-order chi connectivity index (χ0) is 20.9. The van der Waals surface area contributed by atoms with Gasteiger partial charge in [-0.3, -0.25) is 9.10 Å². The molecule has 1 aliphatic rings. The molecule has 29 heavy (non-hydrogen) atoms. The number of anilines is 1. The first-order valence-corrected chi connectivity index (χ1v) is 12.0. The van der Waals surface area contributed by atoms with Crippen LogP contribution in [0.5, 0.6) is 5.75 Å². The Morgan fingerprint density at radius 3 is 2.69 bits per heavy atom. The average Bonchev–Trinajstić information content (AvgIpc) is 2.62. The van der Waals surface area contributed by atoms with Crippen LogP contribution < -0.4 is 14.5 Å². The van der Waals surface area contributed by atoms with E-state index in [-0.39, 0.29) is 12.6 Å². The van der Waals surface area contributed by atoms with Crippen LogP contribution in [0.1, 0.15) is 11.1 Å². The Bertz CT molecular complexity index is 1000. The molecular weight excluding hydrogens is 410 g/mol. The number of ether oxygens (including phenoxy) is 1. The van der Waals surface area contributed by atoms with Crippen LogP contribution in [0.4, 0.5) is 5.69 Å². The summed E-state index contributed by atoms with van der Waals surface area (Å²) in [6.07, 6.45) is 2.81. The summed E-state index contributed by atoms with van der Waals surface area (Å²) in [6.45, 7) is 1.50. The number of sulfonamides is 1. The summed E-state index contributed by atoms with van der Waals surface area (Å²) in [5.74, 6) is 2.21. The molecule has 0 bridgehead atoms. The number of carbonyl (C=O) groups is 1. The van der Waals surface area contributed by atoms with Crippen LogP contribution in [-0.4, -0.2) is 50.9 Å². The molecule has 1 fully saturated rings. The van der Waals surface area contributed by atoms with Crippen molar-refractivity contribution in [3.63, 3.8) is 0 Å². The number of hydrazone groups is 1. The average molecular weight is 434 g/mol. The molecule has 0 aromatic heterocycles. The minimum absolute atomic E-state index is 0.246. The van der Waals surface area contributed by atoms with Crippen molar-refractivity contribution in [1.82, 2.24) is 5.43 Å². The van der Waals surface area contributed by atoms with Gasteiger partial charge in [0.2, 0.25) is 10.0 Å². The molecule has 9 heteroatoms. The molecule has 154 valence electrons. The molecule has 0 spiro atoms. The summed E-state index contributed by atoms with van der Waals surface area (Å²) >= 11 is 1.85. The van der Waals surface area contributed by atoms with Crippen molar-refractivity contribution >= 4 is 39.6 Å². The van der Waals surface area contributed by atoms with Crippen LogP contribution in [0.15, 0.2) is 53.6 Å². The first kappa shape index (κ1) is 21.2. The predicted molar refractivity (Wildman–Crippen MR) is 117 cm³/mol. The zero-order valence-electron chi connectivity index (χ0n) is 16.2. The van der Waals surface area contributed by atoms with Crippen LogP contribution in [0.3, 0.4) is 0 Å². The van der Waals surface area contributed by atoms with Gasteiger partial charge in [0.1, 0.15) is 18.4 Å². The number of benzene rings is 2. The van der Waals surface area contributed by atoms with Crippen molar-refractivity contribution in [2.75, 3.05) is 28.6 Å². The maximum Gasteiger partial charge on any atom is 0.260 e. The van der Waals surface area contributed by atoms with Gasteiger partial charge in [0.25, 0.3) is 5.91 Å². The lowest BCUT2D eigenvalue weighted by atomic mass is 10.2. The second-order valence-electron chi connectivity index (χ2n) is 6.75. The summed E-state index contributed by atoms with van der Waals surface area (Å²) in [5, 5.41) is 3.94. The SMILES string of the molecule is Cc1cccc(N(CC(=O)N/N=C\c2cccc(OC3CSC3)c2)S(C)(=O)=O)c1. The molecule has 0 radical (unpaired) electrons. The molecule has 0 atom stereocenters. The number of hydrogen-bond acceptors (Lipinski definition) is 6. The molecule has 1 amide bonds. The second-order valence-corrected chi connectivity index (χ2v) is 9.73. The molecule has 7 nitrogen and oxygen atoms in total. The van der Waals surface area contributed by atoms with Gasteiger partial charge in [-0.25, -0.2) is 13.8 Å². The quantitative estimate of drug-likeness (QED) is 0.510. The van der Waals surface area contributed by atoms with Crippen LogP contribution >= 0.6 is 11.8 Å². The second kappa shape index (κ2) is 9.32. The standard InChI is InChI=1S/C20H23N3O4S2/c1-15-5-3-7-17(9-15)23(29(2,25)26)12-20(24)22-21-11-16-6-4-8-18(10-16)27-19-13-28-14-19/h3-11,19H,12-14H2,1-2H3,(H,22,24)/b21-11-. The molecule has 0 saturated carbocycles. The highest BCUT2D eigenvalue weighted by Gasteiger charge is 2.21. The van der Waals surface area contributed by atoms with Gasteiger partial charge in [-0.2, -0.15) is 16.9 Å². The first-order chi connectivity index (χ1) is 13.8. The van der Waals surface area contributed by atoms with Gasteiger partial charge in [0.05, 0.1) is 18.2 Å². The van der Waals surface area contributed by atoms with E-state index in [0.717, 1.165) is 38.9 Å². The van der Waals surface area contributed by atoms with Crippen molar-refractivity contribution in [3.05, 3.63) is 59.7 Å². The van der Waals surface area contributed by atoms with Crippen LogP contribution in [0.2, 0.25) is 0 Å². The third kappa shape index (κ3) is 6.23. The predicted octanol–water partition coefficient (Wildman–Crippen LogP) is 2.41. The van der Waals surface area contributed by atoms with Crippen molar-refractivity contribution in [3.8, 4) is 5.75 Å². The minimum Gasteiger partial charge on any atom is -0.489 e. The van der Waals surface area contributed by atoms with Gasteiger partial charge in [0, 0.05) is 11.5 Å². The van der Waals surface area contributed by atoms with Gasteiger partial charge in [-0.1, -0.05) is 24.3 Å². The van der Waals surface area contributed by atoms with E-state index in [1.165, 1.54) is 6.21 Å². The molecule has 0 unspecified atom stereocenters. The topological polar surface area (TPSA) is 88.1 Å². The molecule has 1 heterocycles. The van der Waals surface area contributed by atoms with Crippen LogP contribution in [-0.2, 0) is 14.8 Å². The number of carbonyl (C=O) groups excluding carboxylic acids is 1. The van der Waals surface area contributed by atoms with Crippen molar-refractivity contribution in [2.45, 2.75) is 13.0 Å². The molecular formula is C20H23N3O4S2. The number of nitrogens with zero attached hydrogens (tertiary/aromatic N) is 2. The molecule has 2 aromatic carbocycles. The molecule has 0 aliphatic carbocycles. The Morgan fingerprint density at radius 1 is 1.28 bits per heavy atom. The van der Waals surface area contributed by atoms with Gasteiger partial charge in [-0.15, -0.1) is 0 Å². The zero-order valence-corrected chi connectivity index (χ0v) is 17.9. The normalized spacial score (nSPS) is 14.4. The van der Waals surface area contributed by atoms with Crippen molar-refractivity contribution < 1.29 is 17.9 Å². The maximum atomic E-state index is 12.2. The van der Waals surface area contributed by atoms with Crippen LogP contribution in [0.25, 0.3) is 0 Å². The van der Waals surface area contributed by atoms with Gasteiger partial charge in [-0.05, 0) is 42.3 Å². The molecule has 2 aromatic rings. The van der Waals surface area contributed by atoms with E-state index >= 15 is 0 Å². The smallest absolute Gasteiger partial charge is 0.260 e. The fraction of sp³-hybridized carbons (Fsp3) is 0.300. The van der Waals surface area contributed by atoms with E-state index in [2.05, 4.69) is 10.5 Å². The van der Waals surface area contributed by atoms with E-state index in [1.54, 1.807) is 18.2 Å². The highest BCUT2D eigenvalue weighted by molar-refractivity contribution is 8.00. The van der Waals surface area contributed by atoms with E-state index in [4.69, 9.17) is 4.74 Å². The number of thioether (sulfide) groups is 1. The van der Waals surface area contributed by atoms with Crippen LogP contribution in [0, 0.1) is 6.92 Å². The maximum absolute atomic E-state index is 12.2. The third-order valence-corrected chi connectivity index (χ3v) is 6.50. The van der Waals surface area contributed by atoms with Crippen molar-refractivity contribution in [2.24, 2.45) is 5.10 Å². The summed E-state index contributed by atoms with van der Waals surface area (Å²) in [7, 11) is -3.62. The third-order valence-electron chi connectivity index (χ3n) is 4.15. The summed E-state index contributed by atoms with van der Waals surface area (Å²) in [6, 6.07) is 14.4. The number of aryl methyl sites for hydroxylation is 1. The number of amides is 1. The Labute approximate surface area is 175 Å². The van der Waals surface area contributed by atoms with E-state index in [9.17, 15) is 13.2 Å². The number of nitrogens with one attached hydrogen (secondary N) is 1. The van der Waals surface area contributed by atoms with E-state index in [0.29, 0.717) is 5.69 Å². The Morgan fingerprint density at radius 2 is 2.03 bits per heavy atom. The monoisotopic (exact) mass is 433 g/mol. The molecule has 1 aliphatic heterocycles. The molecule has 1 saturated heterocycles. The van der Waals surface area contributed by atoms with Gasteiger partial charge < -0.3 is 4.74 Å².